The van der Waals surface area contributed by atoms with Gasteiger partial charge in [-0.05, 0) is 72.6 Å². The number of nitrogens with two attached hydrogens (primary N) is 1. The van der Waals surface area contributed by atoms with E-state index in [1.54, 1.807) is 0 Å². The fourth-order valence-electron chi connectivity index (χ4n) is 4.60. The van der Waals surface area contributed by atoms with Crippen molar-refractivity contribution in [3.8, 4) is 0 Å². The van der Waals surface area contributed by atoms with E-state index in [1.807, 2.05) is 11.9 Å². The molecule has 2 fully saturated rings. The predicted molar refractivity (Wildman–Crippen MR) is 83.8 cm³/mol. The Bertz CT molecular complexity index is 622. The maximum Gasteiger partial charge on any atom is 0.227 e. The molecule has 0 saturated heterocycles. The molecule has 3 aliphatic rings. The third-order valence-electron chi connectivity index (χ3n) is 6.27. The predicted octanol–water partition coefficient (Wildman–Crippen LogP) is 2.68. The lowest BCUT2D eigenvalue weighted by Crippen LogP contribution is -2.45. The molecular weight excluding hydrogens is 260 g/mol. The zero-order valence-corrected chi connectivity index (χ0v) is 13.0. The molecular formula is C18H24N2O. The van der Waals surface area contributed by atoms with Crippen molar-refractivity contribution < 1.29 is 4.79 Å². The highest BCUT2D eigenvalue weighted by Gasteiger charge is 2.46. The Kier molecular flexibility index (Phi) is 2.82. The van der Waals surface area contributed by atoms with Crippen molar-refractivity contribution in [2.24, 2.45) is 17.8 Å². The molecule has 0 radical (unpaired) electrons. The van der Waals surface area contributed by atoms with Crippen LogP contribution < -0.4 is 5.73 Å². The van der Waals surface area contributed by atoms with Crippen molar-refractivity contribution >= 4 is 11.6 Å². The molecule has 4 rings (SSSR count). The largest absolute Gasteiger partial charge is 0.398 e. The first-order valence-corrected chi connectivity index (χ1v) is 8.18. The summed E-state index contributed by atoms with van der Waals surface area (Å²) in [6.45, 7) is 2.82. The maximum absolute atomic E-state index is 11.9. The number of hydrogen-bond acceptors (Lipinski definition) is 2. The number of carbonyl (C=O) groups is 1. The van der Waals surface area contributed by atoms with Crippen LogP contribution >= 0.6 is 0 Å². The van der Waals surface area contributed by atoms with E-state index >= 15 is 0 Å². The van der Waals surface area contributed by atoms with Gasteiger partial charge in [0.2, 0.25) is 5.91 Å². The van der Waals surface area contributed by atoms with Gasteiger partial charge in [-0.1, -0.05) is 6.07 Å². The van der Waals surface area contributed by atoms with Crippen molar-refractivity contribution in [1.82, 2.24) is 4.90 Å². The van der Waals surface area contributed by atoms with Crippen molar-refractivity contribution in [3.05, 3.63) is 28.3 Å². The van der Waals surface area contributed by atoms with Gasteiger partial charge >= 0.3 is 0 Å². The number of anilines is 1. The van der Waals surface area contributed by atoms with Gasteiger partial charge in [-0.15, -0.1) is 0 Å². The molecule has 3 unspecified atom stereocenters. The molecule has 0 bridgehead atoms. The van der Waals surface area contributed by atoms with Gasteiger partial charge in [-0.25, -0.2) is 0 Å². The fraction of sp³-hybridized carbons (Fsp3) is 0.611. The average Bonchev–Trinajstić information content (AvgIpc) is 2.43. The summed E-state index contributed by atoms with van der Waals surface area (Å²) in [5.41, 5.74) is 12.3. The minimum atomic E-state index is 0.203. The Morgan fingerprint density at radius 1 is 1.38 bits per heavy atom. The molecule has 2 aliphatic carbocycles. The second kappa shape index (κ2) is 4.49. The molecule has 3 heteroatoms. The Balaban J connectivity index is 1.64. The molecule has 112 valence electrons. The molecule has 3 atom stereocenters. The third-order valence-corrected chi connectivity index (χ3v) is 6.27. The topological polar surface area (TPSA) is 46.3 Å². The maximum atomic E-state index is 11.9. The lowest BCUT2D eigenvalue weighted by atomic mass is 9.52. The van der Waals surface area contributed by atoms with E-state index in [-0.39, 0.29) is 5.91 Å². The van der Waals surface area contributed by atoms with Crippen LogP contribution in [0.5, 0.6) is 0 Å². The quantitative estimate of drug-likeness (QED) is 0.849. The van der Waals surface area contributed by atoms with Crippen molar-refractivity contribution in [2.75, 3.05) is 12.8 Å². The van der Waals surface area contributed by atoms with E-state index in [0.717, 1.165) is 42.0 Å². The third kappa shape index (κ3) is 1.90. The van der Waals surface area contributed by atoms with Crippen LogP contribution in [-0.2, 0) is 24.2 Å². The van der Waals surface area contributed by atoms with E-state index in [4.69, 9.17) is 5.73 Å². The Morgan fingerprint density at radius 3 is 2.81 bits per heavy atom. The molecule has 21 heavy (non-hydrogen) atoms. The number of fused-ring (bicyclic) bond motifs is 2. The van der Waals surface area contributed by atoms with Gasteiger partial charge in [0.15, 0.2) is 0 Å². The number of carbonyl (C=O) groups excluding carboxylic acids is 1. The Morgan fingerprint density at radius 2 is 2.19 bits per heavy atom. The summed E-state index contributed by atoms with van der Waals surface area (Å²) in [6, 6.07) is 2.28. The molecule has 1 aromatic carbocycles. The van der Waals surface area contributed by atoms with E-state index in [1.165, 1.54) is 36.0 Å². The van der Waals surface area contributed by atoms with Gasteiger partial charge in [0.25, 0.3) is 0 Å². The number of benzene rings is 1. The Hall–Kier alpha value is -1.51. The summed E-state index contributed by atoms with van der Waals surface area (Å²) in [6.07, 6.45) is 5.93. The highest BCUT2D eigenvalue weighted by molar-refractivity contribution is 5.82. The molecule has 0 aromatic heterocycles. The second-order valence-corrected chi connectivity index (χ2v) is 7.34. The molecule has 3 nitrogen and oxygen atoms in total. The summed E-state index contributed by atoms with van der Waals surface area (Å²) < 4.78 is 0. The normalized spacial score (nSPS) is 30.3. The second-order valence-electron chi connectivity index (χ2n) is 7.34. The minimum absolute atomic E-state index is 0.203. The van der Waals surface area contributed by atoms with Crippen molar-refractivity contribution in [1.29, 1.82) is 0 Å². The smallest absolute Gasteiger partial charge is 0.227 e. The number of nitrogens with zero attached hydrogens (tertiary/aromatic N) is 1. The number of rotatable bonds is 2. The number of amides is 1. The lowest BCUT2D eigenvalue weighted by molar-refractivity contribution is -0.130. The lowest BCUT2D eigenvalue weighted by Gasteiger charge is -2.53. The highest BCUT2D eigenvalue weighted by Crippen LogP contribution is 2.55. The first-order valence-electron chi connectivity index (χ1n) is 8.18. The molecule has 2 N–H and O–H groups in total. The fourth-order valence-corrected chi connectivity index (χ4v) is 4.60. The number of nitrogen functional groups attached to an aromatic ring is 1. The standard InChI is InChI=1S/C18H24N2O/c1-10-16-8-17(21)20(2)9-14(16)7-13(18(10)19)6-12-5-11-3-4-15(11)12/h7,11-12,15H,3-6,8-9,19H2,1-2H3. The number of hydrogen-bond donors (Lipinski definition) is 1. The van der Waals surface area contributed by atoms with E-state index in [0.29, 0.717) is 6.42 Å². The van der Waals surface area contributed by atoms with Crippen LogP contribution in [0.4, 0.5) is 5.69 Å². The van der Waals surface area contributed by atoms with Crippen LogP contribution in [0.3, 0.4) is 0 Å². The average molecular weight is 284 g/mol. The molecule has 1 aromatic rings. The van der Waals surface area contributed by atoms with E-state index in [9.17, 15) is 4.79 Å². The van der Waals surface area contributed by atoms with Crippen LogP contribution in [0.25, 0.3) is 0 Å². The summed E-state index contributed by atoms with van der Waals surface area (Å²) in [4.78, 5) is 13.7. The van der Waals surface area contributed by atoms with Gasteiger partial charge < -0.3 is 10.6 Å². The van der Waals surface area contributed by atoms with E-state index < -0.39 is 0 Å². The van der Waals surface area contributed by atoms with Gasteiger partial charge in [-0.3, -0.25) is 4.79 Å². The SMILES string of the molecule is Cc1c(N)c(CC2CC3CCC32)cc2c1CC(=O)N(C)C2. The summed E-state index contributed by atoms with van der Waals surface area (Å²) >= 11 is 0. The van der Waals surface area contributed by atoms with Crippen LogP contribution in [0.15, 0.2) is 6.07 Å². The number of likely N-dealkylation sites (N-methyl/N-ethyl adjacent to an activating group) is 1. The first-order chi connectivity index (χ1) is 10.0. The zero-order valence-electron chi connectivity index (χ0n) is 13.0. The summed E-state index contributed by atoms with van der Waals surface area (Å²) in [5, 5.41) is 0. The monoisotopic (exact) mass is 284 g/mol. The van der Waals surface area contributed by atoms with Crippen molar-refractivity contribution in [3.63, 3.8) is 0 Å². The molecule has 1 heterocycles. The van der Waals surface area contributed by atoms with Crippen LogP contribution in [0.2, 0.25) is 0 Å². The molecule has 1 amide bonds. The molecule has 0 spiro atoms. The van der Waals surface area contributed by atoms with Gasteiger partial charge in [-0.2, -0.15) is 0 Å². The molecule has 2 saturated carbocycles. The highest BCUT2D eigenvalue weighted by atomic mass is 16.2. The minimum Gasteiger partial charge on any atom is -0.398 e. The summed E-state index contributed by atoms with van der Waals surface area (Å²) in [7, 11) is 1.89. The van der Waals surface area contributed by atoms with Gasteiger partial charge in [0.05, 0.1) is 6.42 Å². The molecule has 1 aliphatic heterocycles. The zero-order chi connectivity index (χ0) is 14.7. The van der Waals surface area contributed by atoms with Crippen LogP contribution in [0.1, 0.15) is 41.5 Å². The summed E-state index contributed by atoms with van der Waals surface area (Å²) in [5.74, 6) is 3.06. The van der Waals surface area contributed by atoms with Gasteiger partial charge in [0.1, 0.15) is 0 Å². The van der Waals surface area contributed by atoms with E-state index in [2.05, 4.69) is 13.0 Å². The van der Waals surface area contributed by atoms with Gasteiger partial charge in [0, 0.05) is 19.3 Å². The van der Waals surface area contributed by atoms with Crippen LogP contribution in [-0.4, -0.2) is 17.9 Å². The van der Waals surface area contributed by atoms with Crippen molar-refractivity contribution in [2.45, 2.75) is 45.6 Å². The Labute approximate surface area is 126 Å². The van der Waals surface area contributed by atoms with Crippen LogP contribution in [0, 0.1) is 24.7 Å². The first kappa shape index (κ1) is 13.2.